The number of hydrogen-bond acceptors (Lipinski definition) is 7. The first-order chi connectivity index (χ1) is 13.8. The zero-order valence-corrected chi connectivity index (χ0v) is 17.5. The first-order valence-corrected chi connectivity index (χ1v) is 9.52. The summed E-state index contributed by atoms with van der Waals surface area (Å²) in [6, 6.07) is -5.10. The average Bonchev–Trinajstić information content (AvgIpc) is 2.61. The molecule has 0 rings (SSSR count). The van der Waals surface area contributed by atoms with Crippen molar-refractivity contribution >= 4 is 29.7 Å². The molecule has 0 unspecified atom stereocenters. The van der Waals surface area contributed by atoms with Gasteiger partial charge in [-0.05, 0) is 18.3 Å². The molecule has 0 bridgehead atoms. The van der Waals surface area contributed by atoms with Crippen LogP contribution in [0.1, 0.15) is 40.5 Å². The normalized spacial score (nSPS) is 15.1. The number of carboxylic acids is 2. The van der Waals surface area contributed by atoms with Crippen LogP contribution in [0, 0.1) is 11.8 Å². The molecule has 12 heteroatoms. The summed E-state index contributed by atoms with van der Waals surface area (Å²) in [7, 11) is 0. The summed E-state index contributed by atoms with van der Waals surface area (Å²) in [6.45, 7) is 6.02. The van der Waals surface area contributed by atoms with Crippen molar-refractivity contribution < 1.29 is 39.3 Å². The molecule has 0 fully saturated rings. The molecule has 30 heavy (non-hydrogen) atoms. The number of carbonyl (C=O) groups is 5. The fourth-order valence-electron chi connectivity index (χ4n) is 2.50. The highest BCUT2D eigenvalue weighted by Crippen LogP contribution is 2.09. The number of aliphatic carboxylic acids is 2. The standard InChI is InChI=1S/C18H32N4O8/c1-8(2)5-11(20-15(26)10(19)6-13(24)25)16(27)22-14(9(3)4)17(28)21-12(7-23)18(29)30/h8-12,14,23H,5-7,19H2,1-4H3,(H,20,26)(H,21,28)(H,22,27)(H,24,25)(H,29,30)/t10-,11-,12-,14-/m0/s1. The molecule has 0 heterocycles. The first-order valence-electron chi connectivity index (χ1n) is 9.52. The summed E-state index contributed by atoms with van der Waals surface area (Å²) >= 11 is 0. The van der Waals surface area contributed by atoms with Crippen LogP contribution in [0.5, 0.6) is 0 Å². The number of carbonyl (C=O) groups excluding carboxylic acids is 3. The lowest BCUT2D eigenvalue weighted by Crippen LogP contribution is -2.59. The molecule has 0 spiro atoms. The maximum absolute atomic E-state index is 12.7. The average molecular weight is 432 g/mol. The van der Waals surface area contributed by atoms with Crippen LogP contribution in [0.2, 0.25) is 0 Å². The molecule has 3 amide bonds. The van der Waals surface area contributed by atoms with E-state index in [1.807, 2.05) is 0 Å². The van der Waals surface area contributed by atoms with Crippen molar-refractivity contribution in [1.82, 2.24) is 16.0 Å². The summed E-state index contributed by atoms with van der Waals surface area (Å²) in [5.41, 5.74) is 5.53. The number of hydrogen-bond donors (Lipinski definition) is 7. The topological polar surface area (TPSA) is 208 Å². The molecule has 0 aromatic rings. The summed E-state index contributed by atoms with van der Waals surface area (Å²) in [5.74, 6) is -5.51. The number of aliphatic hydroxyl groups is 1. The molecule has 0 radical (unpaired) electrons. The molecule has 0 saturated heterocycles. The Kier molecular flexibility index (Phi) is 11.6. The zero-order valence-electron chi connectivity index (χ0n) is 17.5. The maximum Gasteiger partial charge on any atom is 0.328 e. The van der Waals surface area contributed by atoms with Gasteiger partial charge in [0.2, 0.25) is 17.7 Å². The Balaban J connectivity index is 5.35. The van der Waals surface area contributed by atoms with E-state index in [1.54, 1.807) is 27.7 Å². The molecule has 172 valence electrons. The second-order valence-corrected chi connectivity index (χ2v) is 7.71. The highest BCUT2D eigenvalue weighted by atomic mass is 16.4. The molecular formula is C18H32N4O8. The summed E-state index contributed by atoms with van der Waals surface area (Å²) in [5, 5.41) is 33.8. The van der Waals surface area contributed by atoms with Gasteiger partial charge in [-0.2, -0.15) is 0 Å². The van der Waals surface area contributed by atoms with Crippen molar-refractivity contribution in [2.24, 2.45) is 17.6 Å². The number of rotatable bonds is 13. The minimum Gasteiger partial charge on any atom is -0.481 e. The molecule has 4 atom stereocenters. The predicted octanol–water partition coefficient (Wildman–Crippen LogP) is -1.98. The Labute approximate surface area is 174 Å². The number of nitrogens with one attached hydrogen (secondary N) is 3. The molecule has 0 aromatic carbocycles. The van der Waals surface area contributed by atoms with Crippen LogP contribution in [0.25, 0.3) is 0 Å². The fourth-order valence-corrected chi connectivity index (χ4v) is 2.50. The number of amides is 3. The lowest BCUT2D eigenvalue weighted by Gasteiger charge is -2.27. The van der Waals surface area contributed by atoms with Crippen molar-refractivity contribution in [2.75, 3.05) is 6.61 Å². The van der Waals surface area contributed by atoms with Crippen molar-refractivity contribution in [3.63, 3.8) is 0 Å². The fraction of sp³-hybridized carbons (Fsp3) is 0.722. The quantitative estimate of drug-likeness (QED) is 0.172. The molecular weight excluding hydrogens is 400 g/mol. The van der Waals surface area contributed by atoms with Gasteiger partial charge in [0, 0.05) is 0 Å². The summed E-state index contributed by atoms with van der Waals surface area (Å²) in [6.07, 6.45) is -0.422. The van der Waals surface area contributed by atoms with Crippen LogP contribution < -0.4 is 21.7 Å². The minimum atomic E-state index is -1.53. The van der Waals surface area contributed by atoms with Crippen LogP contribution in [-0.2, 0) is 24.0 Å². The van der Waals surface area contributed by atoms with E-state index < -0.39 is 72.8 Å². The highest BCUT2D eigenvalue weighted by Gasteiger charge is 2.32. The number of nitrogens with two attached hydrogens (primary N) is 1. The predicted molar refractivity (Wildman–Crippen MR) is 105 cm³/mol. The Morgan fingerprint density at radius 2 is 1.37 bits per heavy atom. The van der Waals surface area contributed by atoms with E-state index >= 15 is 0 Å². The number of aliphatic hydroxyl groups excluding tert-OH is 1. The van der Waals surface area contributed by atoms with Gasteiger partial charge in [0.1, 0.15) is 18.1 Å². The van der Waals surface area contributed by atoms with Crippen molar-refractivity contribution in [3.8, 4) is 0 Å². The molecule has 0 saturated carbocycles. The third kappa shape index (κ3) is 9.65. The van der Waals surface area contributed by atoms with Gasteiger partial charge in [-0.3, -0.25) is 19.2 Å². The Morgan fingerprint density at radius 3 is 1.77 bits per heavy atom. The van der Waals surface area contributed by atoms with Crippen molar-refractivity contribution in [2.45, 2.75) is 64.7 Å². The molecule has 0 aliphatic heterocycles. The van der Waals surface area contributed by atoms with Crippen LogP contribution in [0.15, 0.2) is 0 Å². The van der Waals surface area contributed by atoms with Gasteiger partial charge in [-0.25, -0.2) is 4.79 Å². The largest absolute Gasteiger partial charge is 0.481 e. The van der Waals surface area contributed by atoms with Crippen LogP contribution in [0.3, 0.4) is 0 Å². The van der Waals surface area contributed by atoms with E-state index in [-0.39, 0.29) is 12.3 Å². The third-order valence-corrected chi connectivity index (χ3v) is 4.12. The van der Waals surface area contributed by atoms with E-state index in [0.29, 0.717) is 0 Å². The van der Waals surface area contributed by atoms with E-state index in [2.05, 4.69) is 16.0 Å². The van der Waals surface area contributed by atoms with Gasteiger partial charge < -0.3 is 37.0 Å². The second-order valence-electron chi connectivity index (χ2n) is 7.71. The van der Waals surface area contributed by atoms with Crippen LogP contribution in [0.4, 0.5) is 0 Å². The molecule has 0 aromatic heterocycles. The van der Waals surface area contributed by atoms with E-state index in [9.17, 15) is 24.0 Å². The number of carboxylic acid groups (broad SMARTS) is 2. The third-order valence-electron chi connectivity index (χ3n) is 4.12. The second kappa shape index (κ2) is 12.8. The molecule has 0 aliphatic carbocycles. The lowest BCUT2D eigenvalue weighted by atomic mass is 9.99. The maximum atomic E-state index is 12.7. The van der Waals surface area contributed by atoms with E-state index in [4.69, 9.17) is 21.1 Å². The minimum absolute atomic E-state index is 0.0335. The molecule has 0 aliphatic rings. The Morgan fingerprint density at radius 1 is 0.833 bits per heavy atom. The highest BCUT2D eigenvalue weighted by molar-refractivity contribution is 5.94. The molecule has 12 nitrogen and oxygen atoms in total. The monoisotopic (exact) mass is 432 g/mol. The smallest absolute Gasteiger partial charge is 0.328 e. The lowest BCUT2D eigenvalue weighted by molar-refractivity contribution is -0.143. The van der Waals surface area contributed by atoms with Gasteiger partial charge in [-0.1, -0.05) is 27.7 Å². The SMILES string of the molecule is CC(C)C[C@H](NC(=O)[C@@H](N)CC(=O)O)C(=O)N[C@H](C(=O)N[C@@H](CO)C(=O)O)C(C)C. The molecule has 8 N–H and O–H groups in total. The summed E-state index contributed by atoms with van der Waals surface area (Å²) in [4.78, 5) is 59.0. The Bertz CT molecular complexity index is 638. The van der Waals surface area contributed by atoms with Crippen LogP contribution >= 0.6 is 0 Å². The Hall–Kier alpha value is -2.73. The van der Waals surface area contributed by atoms with Gasteiger partial charge in [0.25, 0.3) is 0 Å². The van der Waals surface area contributed by atoms with Gasteiger partial charge in [0.15, 0.2) is 0 Å². The van der Waals surface area contributed by atoms with E-state index in [0.717, 1.165) is 0 Å². The van der Waals surface area contributed by atoms with E-state index in [1.165, 1.54) is 0 Å². The van der Waals surface area contributed by atoms with Crippen LogP contribution in [-0.4, -0.2) is 75.8 Å². The first kappa shape index (κ1) is 27.3. The van der Waals surface area contributed by atoms with Crippen molar-refractivity contribution in [3.05, 3.63) is 0 Å². The zero-order chi connectivity index (χ0) is 23.6. The summed E-state index contributed by atoms with van der Waals surface area (Å²) < 4.78 is 0. The van der Waals surface area contributed by atoms with Gasteiger partial charge in [0.05, 0.1) is 19.1 Å². The van der Waals surface area contributed by atoms with Crippen molar-refractivity contribution in [1.29, 1.82) is 0 Å². The van der Waals surface area contributed by atoms with Gasteiger partial charge >= 0.3 is 11.9 Å². The van der Waals surface area contributed by atoms with Gasteiger partial charge in [-0.15, -0.1) is 0 Å².